The Bertz CT molecular complexity index is 914. The summed E-state index contributed by atoms with van der Waals surface area (Å²) in [5, 5.41) is 7.56. The molecule has 0 fully saturated rings. The number of nitrogens with zero attached hydrogens (tertiary/aromatic N) is 2. The highest BCUT2D eigenvalue weighted by Crippen LogP contribution is 2.37. The summed E-state index contributed by atoms with van der Waals surface area (Å²) in [7, 11) is 1.33. The number of fused-ring (bicyclic) bond motifs is 1. The molecule has 2 heterocycles. The second kappa shape index (κ2) is 7.08. The van der Waals surface area contributed by atoms with E-state index in [9.17, 15) is 4.79 Å². The van der Waals surface area contributed by atoms with E-state index in [1.807, 2.05) is 18.2 Å². The first kappa shape index (κ1) is 16.6. The summed E-state index contributed by atoms with van der Waals surface area (Å²) in [4.78, 5) is 20.1. The predicted molar refractivity (Wildman–Crippen MR) is 100 cm³/mol. The van der Waals surface area contributed by atoms with Crippen LogP contribution in [0.25, 0.3) is 10.1 Å². The predicted octanol–water partition coefficient (Wildman–Crippen LogP) is 3.94. The van der Waals surface area contributed by atoms with Crippen LogP contribution < -0.4 is 10.6 Å². The third kappa shape index (κ3) is 3.45. The Kier molecular flexibility index (Phi) is 4.89. The Morgan fingerprint density at radius 3 is 2.88 bits per heavy atom. The van der Waals surface area contributed by atoms with Crippen LogP contribution in [0.1, 0.15) is 9.67 Å². The van der Waals surface area contributed by atoms with Gasteiger partial charge in [-0.05, 0) is 30.4 Å². The van der Waals surface area contributed by atoms with Gasteiger partial charge in [0.15, 0.2) is 10.9 Å². The average molecular weight is 379 g/mol. The van der Waals surface area contributed by atoms with E-state index >= 15 is 0 Å². The lowest BCUT2D eigenvalue weighted by Gasteiger charge is -2.09. The van der Waals surface area contributed by atoms with Crippen LogP contribution in [-0.2, 0) is 4.74 Å². The van der Waals surface area contributed by atoms with Crippen LogP contribution in [0, 0.1) is 0 Å². The van der Waals surface area contributed by atoms with Gasteiger partial charge in [-0.15, -0.1) is 11.3 Å². The number of nitrogens with one attached hydrogen (secondary N) is 2. The molecule has 0 spiro atoms. The SMILES string of the molecule is COC(=O)c1sc2cc(NC(=S)Nc3cnccn3)ccc2c1Cl. The molecule has 0 unspecified atom stereocenters. The Balaban J connectivity index is 1.80. The van der Waals surface area contributed by atoms with Crippen molar-refractivity contribution in [3.63, 3.8) is 0 Å². The number of methoxy groups -OCH3 is 1. The number of aromatic nitrogens is 2. The Morgan fingerprint density at radius 1 is 1.33 bits per heavy atom. The fourth-order valence-corrected chi connectivity index (χ4v) is 3.70. The molecule has 0 saturated heterocycles. The van der Waals surface area contributed by atoms with Gasteiger partial charge in [0.2, 0.25) is 0 Å². The van der Waals surface area contributed by atoms with Crippen molar-refractivity contribution in [2.45, 2.75) is 0 Å². The Morgan fingerprint density at radius 2 is 2.17 bits per heavy atom. The lowest BCUT2D eigenvalue weighted by atomic mass is 10.2. The number of esters is 1. The molecule has 0 aliphatic rings. The number of thiophene rings is 1. The van der Waals surface area contributed by atoms with Crippen molar-refractivity contribution < 1.29 is 9.53 Å². The molecule has 0 amide bonds. The highest BCUT2D eigenvalue weighted by molar-refractivity contribution is 7.80. The van der Waals surface area contributed by atoms with E-state index in [2.05, 4.69) is 20.6 Å². The molecule has 9 heteroatoms. The van der Waals surface area contributed by atoms with E-state index in [1.54, 1.807) is 18.6 Å². The van der Waals surface area contributed by atoms with E-state index in [1.165, 1.54) is 18.4 Å². The number of carbonyl (C=O) groups excluding carboxylic acids is 1. The summed E-state index contributed by atoms with van der Waals surface area (Å²) in [6, 6.07) is 5.52. The number of hydrogen-bond acceptors (Lipinski definition) is 6. The monoisotopic (exact) mass is 378 g/mol. The molecule has 0 bridgehead atoms. The second-order valence-corrected chi connectivity index (χ2v) is 6.46. The molecule has 0 radical (unpaired) electrons. The molecule has 6 nitrogen and oxygen atoms in total. The molecule has 0 aliphatic heterocycles. The van der Waals surface area contributed by atoms with Crippen LogP contribution in [-0.4, -0.2) is 28.2 Å². The summed E-state index contributed by atoms with van der Waals surface area (Å²) in [5.74, 6) is 0.0961. The standard InChI is InChI=1S/C15H11ClN4O2S2/c1-22-14(21)13-12(16)9-3-2-8(6-10(9)24-13)19-15(23)20-11-7-17-4-5-18-11/h2-7H,1H3,(H2,18,19,20,23). The summed E-state index contributed by atoms with van der Waals surface area (Å²) in [6.07, 6.45) is 4.72. The third-order valence-corrected chi connectivity index (χ3v) is 4.90. The van der Waals surface area contributed by atoms with Crippen LogP contribution in [0.5, 0.6) is 0 Å². The molecule has 3 aromatic rings. The highest BCUT2D eigenvalue weighted by atomic mass is 35.5. The largest absolute Gasteiger partial charge is 0.465 e. The summed E-state index contributed by atoms with van der Waals surface area (Å²) in [5.41, 5.74) is 0.762. The maximum atomic E-state index is 11.7. The minimum atomic E-state index is -0.449. The number of hydrogen-bond donors (Lipinski definition) is 2. The molecule has 122 valence electrons. The van der Waals surface area contributed by atoms with E-state index < -0.39 is 5.97 Å². The lowest BCUT2D eigenvalue weighted by Crippen LogP contribution is -2.19. The zero-order valence-electron chi connectivity index (χ0n) is 12.4. The van der Waals surface area contributed by atoms with Gasteiger partial charge < -0.3 is 15.4 Å². The quantitative estimate of drug-likeness (QED) is 0.528. The number of anilines is 2. The van der Waals surface area contributed by atoms with Crippen LogP contribution >= 0.6 is 35.2 Å². The minimum Gasteiger partial charge on any atom is -0.465 e. The first-order valence-electron chi connectivity index (χ1n) is 6.73. The van der Waals surface area contributed by atoms with Gasteiger partial charge in [0.25, 0.3) is 0 Å². The number of rotatable bonds is 3. The number of ether oxygens (including phenoxy) is 1. The number of carbonyl (C=O) groups is 1. The molecule has 0 atom stereocenters. The van der Waals surface area contributed by atoms with Crippen molar-refractivity contribution in [2.75, 3.05) is 17.7 Å². The van der Waals surface area contributed by atoms with Gasteiger partial charge >= 0.3 is 5.97 Å². The van der Waals surface area contributed by atoms with Crippen LogP contribution in [0.3, 0.4) is 0 Å². The smallest absolute Gasteiger partial charge is 0.349 e. The topological polar surface area (TPSA) is 76.1 Å². The molecular weight excluding hydrogens is 368 g/mol. The Hall–Kier alpha value is -2.29. The van der Waals surface area contributed by atoms with Crippen molar-refractivity contribution in [2.24, 2.45) is 0 Å². The van der Waals surface area contributed by atoms with Gasteiger partial charge in [0.1, 0.15) is 4.88 Å². The fourth-order valence-electron chi connectivity index (χ4n) is 2.01. The molecule has 2 aromatic heterocycles. The maximum absolute atomic E-state index is 11.7. The van der Waals surface area contributed by atoms with E-state index in [4.69, 9.17) is 28.6 Å². The minimum absolute atomic E-state index is 0.380. The van der Waals surface area contributed by atoms with Crippen molar-refractivity contribution in [3.8, 4) is 0 Å². The number of benzene rings is 1. The first-order chi connectivity index (χ1) is 11.6. The molecule has 0 saturated carbocycles. The zero-order valence-corrected chi connectivity index (χ0v) is 14.8. The Labute approximate surface area is 151 Å². The van der Waals surface area contributed by atoms with Crippen molar-refractivity contribution in [3.05, 3.63) is 46.7 Å². The lowest BCUT2D eigenvalue weighted by molar-refractivity contribution is 0.0606. The van der Waals surface area contributed by atoms with Crippen LogP contribution in [0.2, 0.25) is 5.02 Å². The normalized spacial score (nSPS) is 10.4. The van der Waals surface area contributed by atoms with E-state index in [0.29, 0.717) is 20.8 Å². The average Bonchev–Trinajstić information content (AvgIpc) is 2.91. The fraction of sp³-hybridized carbons (Fsp3) is 0.0667. The van der Waals surface area contributed by atoms with Crippen molar-refractivity contribution in [1.82, 2.24) is 9.97 Å². The third-order valence-electron chi connectivity index (χ3n) is 3.06. The second-order valence-electron chi connectivity index (χ2n) is 4.62. The molecule has 0 aliphatic carbocycles. The first-order valence-corrected chi connectivity index (χ1v) is 8.33. The van der Waals surface area contributed by atoms with Gasteiger partial charge in [0.05, 0.1) is 18.3 Å². The van der Waals surface area contributed by atoms with Gasteiger partial charge in [-0.3, -0.25) is 4.98 Å². The van der Waals surface area contributed by atoms with E-state index in [-0.39, 0.29) is 0 Å². The zero-order chi connectivity index (χ0) is 17.1. The van der Waals surface area contributed by atoms with Crippen molar-refractivity contribution in [1.29, 1.82) is 0 Å². The van der Waals surface area contributed by atoms with Gasteiger partial charge in [-0.25, -0.2) is 9.78 Å². The number of halogens is 1. The summed E-state index contributed by atoms with van der Waals surface area (Å²) < 4.78 is 5.59. The van der Waals surface area contributed by atoms with Gasteiger partial charge in [0, 0.05) is 28.2 Å². The number of thiocarbonyl (C=S) groups is 1. The maximum Gasteiger partial charge on any atom is 0.349 e. The van der Waals surface area contributed by atoms with Gasteiger partial charge in [-0.1, -0.05) is 11.6 Å². The molecule has 2 N–H and O–H groups in total. The molecular formula is C15H11ClN4O2S2. The highest BCUT2D eigenvalue weighted by Gasteiger charge is 2.17. The molecule has 24 heavy (non-hydrogen) atoms. The summed E-state index contributed by atoms with van der Waals surface area (Å²) >= 11 is 12.7. The van der Waals surface area contributed by atoms with Crippen LogP contribution in [0.15, 0.2) is 36.8 Å². The molecule has 3 rings (SSSR count). The van der Waals surface area contributed by atoms with Gasteiger partial charge in [-0.2, -0.15) is 0 Å². The van der Waals surface area contributed by atoms with Crippen LogP contribution in [0.4, 0.5) is 11.5 Å². The summed E-state index contributed by atoms with van der Waals surface area (Å²) in [6.45, 7) is 0. The van der Waals surface area contributed by atoms with E-state index in [0.717, 1.165) is 15.8 Å². The molecule has 1 aromatic carbocycles. The van der Waals surface area contributed by atoms with Crippen molar-refractivity contribution >= 4 is 67.8 Å².